The molecule has 0 aliphatic heterocycles. The number of carbonyl (C=O) groups is 1. The van der Waals surface area contributed by atoms with Gasteiger partial charge in [0.25, 0.3) is 0 Å². The van der Waals surface area contributed by atoms with Crippen LogP contribution < -0.4 is 5.32 Å². The van der Waals surface area contributed by atoms with E-state index in [9.17, 15) is 4.79 Å². The maximum Gasteiger partial charge on any atom is 0.335 e. The zero-order valence-corrected chi connectivity index (χ0v) is 13.6. The fraction of sp³-hybridized carbons (Fsp3) is 0.625. The number of hydrogen-bond donors (Lipinski definition) is 1. The van der Waals surface area contributed by atoms with Gasteiger partial charge in [-0.3, -0.25) is 0 Å². The Morgan fingerprint density at radius 1 is 1.33 bits per heavy atom. The second-order valence-corrected chi connectivity index (χ2v) is 5.79. The van der Waals surface area contributed by atoms with Crippen LogP contribution in [-0.4, -0.2) is 35.8 Å². The molecule has 0 aliphatic rings. The van der Waals surface area contributed by atoms with Gasteiger partial charge in [0.15, 0.2) is 6.10 Å². The molecule has 0 radical (unpaired) electrons. The molecule has 118 valence electrons. The van der Waals surface area contributed by atoms with Crippen molar-refractivity contribution in [1.29, 1.82) is 0 Å². The predicted molar refractivity (Wildman–Crippen MR) is 83.4 cm³/mol. The van der Waals surface area contributed by atoms with Crippen LogP contribution in [0.2, 0.25) is 0 Å². The Kier molecular flexibility index (Phi) is 6.62. The van der Waals surface area contributed by atoms with E-state index in [4.69, 9.17) is 9.47 Å². The minimum absolute atomic E-state index is 0.103. The van der Waals surface area contributed by atoms with Crippen LogP contribution in [0, 0.1) is 0 Å². The van der Waals surface area contributed by atoms with Gasteiger partial charge in [0, 0.05) is 24.8 Å². The van der Waals surface area contributed by atoms with E-state index in [0.29, 0.717) is 19.6 Å². The molecule has 1 unspecified atom stereocenters. The number of nitrogens with one attached hydrogen (secondary N) is 1. The van der Waals surface area contributed by atoms with E-state index in [-0.39, 0.29) is 11.5 Å². The molecule has 1 aromatic rings. The highest BCUT2D eigenvalue weighted by Gasteiger charge is 2.23. The number of pyridine rings is 1. The number of rotatable bonds is 7. The molecule has 0 saturated heterocycles. The molecule has 0 aliphatic carbocycles. The molecule has 21 heavy (non-hydrogen) atoms. The molecule has 0 spiro atoms. The fourth-order valence-electron chi connectivity index (χ4n) is 1.92. The highest BCUT2D eigenvalue weighted by molar-refractivity contribution is 5.75. The Bertz CT molecular complexity index is 455. The number of esters is 1. The van der Waals surface area contributed by atoms with E-state index in [1.807, 2.05) is 19.1 Å². The van der Waals surface area contributed by atoms with Crippen molar-refractivity contribution < 1.29 is 14.3 Å². The first kappa shape index (κ1) is 17.4. The average Bonchev–Trinajstić information content (AvgIpc) is 2.39. The van der Waals surface area contributed by atoms with Gasteiger partial charge in [-0.15, -0.1) is 0 Å². The van der Waals surface area contributed by atoms with E-state index in [0.717, 1.165) is 11.4 Å². The lowest BCUT2D eigenvalue weighted by Gasteiger charge is -2.24. The summed E-state index contributed by atoms with van der Waals surface area (Å²) in [6.45, 7) is 10.7. The summed E-state index contributed by atoms with van der Waals surface area (Å²) in [5, 5.41) is 3.35. The quantitative estimate of drug-likeness (QED) is 0.784. The monoisotopic (exact) mass is 294 g/mol. The molecule has 1 rings (SSSR count). The summed E-state index contributed by atoms with van der Waals surface area (Å²) < 4.78 is 10.6. The third kappa shape index (κ3) is 6.12. The minimum Gasteiger partial charge on any atom is -0.464 e. The van der Waals surface area contributed by atoms with Crippen LogP contribution in [0.25, 0.3) is 0 Å². The fourth-order valence-corrected chi connectivity index (χ4v) is 1.92. The molecule has 1 aromatic heterocycles. The van der Waals surface area contributed by atoms with Crippen molar-refractivity contribution in [2.75, 3.05) is 18.5 Å². The van der Waals surface area contributed by atoms with Gasteiger partial charge in [0.05, 0.1) is 6.61 Å². The smallest absolute Gasteiger partial charge is 0.335 e. The third-order valence-electron chi connectivity index (χ3n) is 2.71. The largest absolute Gasteiger partial charge is 0.464 e. The minimum atomic E-state index is -0.598. The molecule has 1 heterocycles. The molecule has 1 N–H and O–H groups in total. The summed E-state index contributed by atoms with van der Waals surface area (Å²) in [6, 6.07) is 3.81. The molecule has 5 heteroatoms. The maximum atomic E-state index is 11.9. The topological polar surface area (TPSA) is 60.5 Å². The van der Waals surface area contributed by atoms with Gasteiger partial charge in [0.2, 0.25) is 0 Å². The first-order valence-corrected chi connectivity index (χ1v) is 7.37. The second kappa shape index (κ2) is 7.98. The molecular weight excluding hydrogens is 268 g/mol. The molecular formula is C16H26N2O3. The highest BCUT2D eigenvalue weighted by atomic mass is 16.6. The number of nitrogens with zero attached hydrogens (tertiary/aromatic N) is 1. The maximum absolute atomic E-state index is 11.9. The van der Waals surface area contributed by atoms with E-state index in [2.05, 4.69) is 31.1 Å². The zero-order valence-electron chi connectivity index (χ0n) is 13.6. The van der Waals surface area contributed by atoms with Crippen LogP contribution in [0.15, 0.2) is 18.3 Å². The lowest BCUT2D eigenvalue weighted by Crippen LogP contribution is -2.31. The Hall–Kier alpha value is -1.62. The van der Waals surface area contributed by atoms with Gasteiger partial charge < -0.3 is 14.8 Å². The summed E-state index contributed by atoms with van der Waals surface area (Å²) in [6.07, 6.45) is 1.58. The normalized spacial score (nSPS) is 12.8. The first-order valence-electron chi connectivity index (χ1n) is 7.37. The van der Waals surface area contributed by atoms with Gasteiger partial charge in [-0.25, -0.2) is 9.78 Å². The summed E-state index contributed by atoms with van der Waals surface area (Å²) in [7, 11) is 0. The molecule has 1 atom stereocenters. The highest BCUT2D eigenvalue weighted by Crippen LogP contribution is 2.19. The molecule has 0 bridgehead atoms. The number of carbonyl (C=O) groups excluding carboxylic acids is 1. The zero-order chi connectivity index (χ0) is 15.9. The molecule has 0 amide bonds. The van der Waals surface area contributed by atoms with Crippen LogP contribution in [0.3, 0.4) is 0 Å². The Morgan fingerprint density at radius 3 is 2.62 bits per heavy atom. The van der Waals surface area contributed by atoms with Crippen molar-refractivity contribution in [2.45, 2.75) is 52.7 Å². The predicted octanol–water partition coefficient (Wildman–Crippen LogP) is 2.80. The van der Waals surface area contributed by atoms with Gasteiger partial charge in [-0.05, 0) is 46.2 Å². The Balaban J connectivity index is 2.90. The van der Waals surface area contributed by atoms with Gasteiger partial charge in [-0.1, -0.05) is 6.07 Å². The van der Waals surface area contributed by atoms with E-state index in [1.54, 1.807) is 13.1 Å². The molecule has 0 aromatic carbocycles. The number of hydrogen-bond acceptors (Lipinski definition) is 5. The lowest BCUT2D eigenvalue weighted by atomic mass is 10.1. The van der Waals surface area contributed by atoms with Crippen LogP contribution in [0.5, 0.6) is 0 Å². The van der Waals surface area contributed by atoms with Crippen LogP contribution in [0.1, 0.15) is 40.2 Å². The standard InChI is InChI=1S/C16H26N2O3/c1-6-20-13(15(19)21-7-2)11-12-9-8-10-17-14(12)18-16(3,4)5/h8-10,13H,6-7,11H2,1-5H3,(H,17,18). The van der Waals surface area contributed by atoms with Crippen LogP contribution in [-0.2, 0) is 20.7 Å². The second-order valence-electron chi connectivity index (χ2n) is 5.79. The summed E-state index contributed by atoms with van der Waals surface area (Å²) in [4.78, 5) is 16.3. The van der Waals surface area contributed by atoms with Crippen molar-refractivity contribution >= 4 is 11.8 Å². The molecule has 0 fully saturated rings. The first-order chi connectivity index (χ1) is 9.87. The van der Waals surface area contributed by atoms with Gasteiger partial charge >= 0.3 is 5.97 Å². The Morgan fingerprint density at radius 2 is 2.05 bits per heavy atom. The number of aromatic nitrogens is 1. The van der Waals surface area contributed by atoms with Crippen molar-refractivity contribution in [3.8, 4) is 0 Å². The number of ether oxygens (including phenoxy) is 2. The number of anilines is 1. The van der Waals surface area contributed by atoms with Crippen molar-refractivity contribution in [1.82, 2.24) is 4.98 Å². The van der Waals surface area contributed by atoms with E-state index in [1.165, 1.54) is 0 Å². The van der Waals surface area contributed by atoms with E-state index < -0.39 is 6.10 Å². The summed E-state index contributed by atoms with van der Waals surface area (Å²) in [5.74, 6) is 0.448. The Labute approximate surface area is 127 Å². The van der Waals surface area contributed by atoms with Crippen LogP contribution in [0.4, 0.5) is 5.82 Å². The molecule has 0 saturated carbocycles. The third-order valence-corrected chi connectivity index (χ3v) is 2.71. The lowest BCUT2D eigenvalue weighted by molar-refractivity contribution is -0.156. The summed E-state index contributed by atoms with van der Waals surface area (Å²) in [5.41, 5.74) is 0.840. The van der Waals surface area contributed by atoms with Crippen LogP contribution >= 0.6 is 0 Å². The van der Waals surface area contributed by atoms with Gasteiger partial charge in [0.1, 0.15) is 5.82 Å². The van der Waals surface area contributed by atoms with Crippen molar-refractivity contribution in [3.05, 3.63) is 23.9 Å². The summed E-state index contributed by atoms with van der Waals surface area (Å²) >= 11 is 0. The average molecular weight is 294 g/mol. The SMILES string of the molecule is CCOC(=O)C(Cc1cccnc1NC(C)(C)C)OCC. The molecule has 5 nitrogen and oxygen atoms in total. The van der Waals surface area contributed by atoms with Crippen molar-refractivity contribution in [2.24, 2.45) is 0 Å². The van der Waals surface area contributed by atoms with Gasteiger partial charge in [-0.2, -0.15) is 0 Å². The van der Waals surface area contributed by atoms with Crippen molar-refractivity contribution in [3.63, 3.8) is 0 Å². The van der Waals surface area contributed by atoms with E-state index >= 15 is 0 Å².